The number of carboxylic acid groups (broad SMARTS) is 1. The molecule has 0 aliphatic heterocycles. The number of carbonyl (C=O) groups excluding carboxylic acids is 5. The topological polar surface area (TPSA) is 212 Å². The highest BCUT2D eigenvalue weighted by atomic mass is 16.6. The molecule has 0 radical (unpaired) electrons. The molecule has 16 nitrogen and oxygen atoms in total. The van der Waals surface area contributed by atoms with E-state index in [1.807, 2.05) is 44.2 Å². The van der Waals surface area contributed by atoms with E-state index in [4.69, 9.17) is 18.9 Å². The molecule has 0 aliphatic rings. The molecule has 1 aromatic heterocycles. The zero-order valence-corrected chi connectivity index (χ0v) is 39.8. The molecule has 0 bridgehead atoms. The SMILES string of the molecule is CCOC(=O)C[C@@H](NC(=O)OCc1ccccc1)c1cccc(NC(=O)C=CCc2c(C)cc([C@@H](Nc3ccc4c(N(C(=O)OC(C)(C)C)C(=O)OC(C)(C)C)nccc4c3)C(=O)O)cc2C)c1. The van der Waals surface area contributed by atoms with E-state index in [9.17, 15) is 33.9 Å². The van der Waals surface area contributed by atoms with Crippen LogP contribution in [0.3, 0.4) is 0 Å². The lowest BCUT2D eigenvalue weighted by Crippen LogP contribution is -2.44. The number of anilines is 3. The molecule has 0 unspecified atom stereocenters. The van der Waals surface area contributed by atoms with Gasteiger partial charge in [-0.05, 0) is 150 Å². The van der Waals surface area contributed by atoms with Crippen LogP contribution in [0, 0.1) is 13.8 Å². The Morgan fingerprint density at radius 2 is 1.43 bits per heavy atom. The summed E-state index contributed by atoms with van der Waals surface area (Å²) in [6.07, 6.45) is 2.09. The monoisotopic (exact) mass is 929 g/mol. The van der Waals surface area contributed by atoms with Gasteiger partial charge < -0.3 is 40.0 Å². The van der Waals surface area contributed by atoms with Crippen molar-refractivity contribution in [1.29, 1.82) is 0 Å². The zero-order valence-electron chi connectivity index (χ0n) is 39.8. The number of nitrogens with zero attached hydrogens (tertiary/aromatic N) is 2. The Kier molecular flexibility index (Phi) is 17.1. The lowest BCUT2D eigenvalue weighted by atomic mass is 9.93. The van der Waals surface area contributed by atoms with Gasteiger partial charge in [-0.1, -0.05) is 60.7 Å². The number of carbonyl (C=O) groups is 6. The van der Waals surface area contributed by atoms with Crippen LogP contribution in [0.25, 0.3) is 10.8 Å². The predicted octanol–water partition coefficient (Wildman–Crippen LogP) is 10.4. The van der Waals surface area contributed by atoms with Gasteiger partial charge in [0.15, 0.2) is 11.9 Å². The number of imide groups is 1. The molecule has 5 aromatic rings. The number of fused-ring (bicyclic) bond motifs is 1. The number of nitrogens with one attached hydrogen (secondary N) is 3. The fourth-order valence-electron chi connectivity index (χ4n) is 7.11. The first kappa shape index (κ1) is 51.2. The van der Waals surface area contributed by atoms with E-state index < -0.39 is 59.4 Å². The minimum atomic E-state index is -1.16. The van der Waals surface area contributed by atoms with E-state index in [2.05, 4.69) is 20.9 Å². The molecule has 0 fully saturated rings. The van der Waals surface area contributed by atoms with Gasteiger partial charge >= 0.3 is 30.2 Å². The van der Waals surface area contributed by atoms with Crippen LogP contribution in [0.5, 0.6) is 0 Å². The quantitative estimate of drug-likeness (QED) is 0.0413. The predicted molar refractivity (Wildman–Crippen MR) is 258 cm³/mol. The standard InChI is InChI=1S/C52H59N5O11/c1-10-65-44(59)30-42(56-48(62)66-31-34-16-12-11-13-17-34)36-18-14-19-38(29-36)54-43(58)21-15-20-40-32(2)26-37(27-33(40)3)45(47(60)61)55-39-22-23-41-35(28-39)24-25-53-46(41)57(49(63)67-51(4,5)6)50(64)68-52(7,8)9/h11-19,21-29,42,45,55H,10,20,30-31H2,1-9H3,(H,54,58)(H,56,62)(H,60,61)/t42-,45-/m1/s1. The number of aromatic nitrogens is 1. The maximum atomic E-state index is 13.4. The number of allylic oxidation sites excluding steroid dienone is 1. The van der Waals surface area contributed by atoms with Gasteiger partial charge in [0.25, 0.3) is 0 Å². The van der Waals surface area contributed by atoms with Gasteiger partial charge in [-0.2, -0.15) is 4.90 Å². The van der Waals surface area contributed by atoms with Crippen LogP contribution < -0.4 is 20.9 Å². The van der Waals surface area contributed by atoms with Crippen molar-refractivity contribution >= 4 is 64.1 Å². The number of hydrogen-bond acceptors (Lipinski definition) is 12. The Labute approximate surface area is 396 Å². The molecule has 68 heavy (non-hydrogen) atoms. The average molecular weight is 930 g/mol. The Morgan fingerprint density at radius 1 is 0.765 bits per heavy atom. The number of rotatable bonds is 16. The van der Waals surface area contributed by atoms with Crippen molar-refractivity contribution in [2.24, 2.45) is 0 Å². The number of aliphatic carboxylic acids is 1. The van der Waals surface area contributed by atoms with Crippen molar-refractivity contribution < 1.29 is 52.8 Å². The average Bonchev–Trinajstić information content (AvgIpc) is 3.24. The molecule has 0 saturated heterocycles. The summed E-state index contributed by atoms with van der Waals surface area (Å²) in [4.78, 5) is 83.0. The third-order valence-corrected chi connectivity index (χ3v) is 10.0. The number of hydrogen-bond donors (Lipinski definition) is 4. The van der Waals surface area contributed by atoms with E-state index in [1.54, 1.807) is 115 Å². The van der Waals surface area contributed by atoms with Gasteiger partial charge in [-0.25, -0.2) is 24.2 Å². The number of carboxylic acids is 1. The molecule has 1 heterocycles. The van der Waals surface area contributed by atoms with Crippen molar-refractivity contribution in [3.63, 3.8) is 0 Å². The highest BCUT2D eigenvalue weighted by Gasteiger charge is 2.35. The smallest absolute Gasteiger partial charge is 0.425 e. The number of aryl methyl sites for hydroxylation is 2. The highest BCUT2D eigenvalue weighted by Crippen LogP contribution is 2.32. The number of benzene rings is 4. The first-order valence-electron chi connectivity index (χ1n) is 22.0. The van der Waals surface area contributed by atoms with Crippen molar-refractivity contribution in [2.75, 3.05) is 22.1 Å². The number of esters is 1. The maximum absolute atomic E-state index is 13.4. The zero-order chi connectivity index (χ0) is 49.8. The molecule has 16 heteroatoms. The lowest BCUT2D eigenvalue weighted by molar-refractivity contribution is -0.143. The van der Waals surface area contributed by atoms with Crippen LogP contribution in [0.15, 0.2) is 109 Å². The third-order valence-electron chi connectivity index (χ3n) is 10.0. The van der Waals surface area contributed by atoms with Gasteiger partial charge in [0, 0.05) is 23.0 Å². The number of pyridine rings is 1. The number of ether oxygens (including phenoxy) is 4. The van der Waals surface area contributed by atoms with Gasteiger partial charge in [0.1, 0.15) is 17.8 Å². The fourth-order valence-corrected chi connectivity index (χ4v) is 7.11. The summed E-state index contributed by atoms with van der Waals surface area (Å²) >= 11 is 0. The Morgan fingerprint density at radius 3 is 2.04 bits per heavy atom. The van der Waals surface area contributed by atoms with Crippen LogP contribution in [0.1, 0.15) is 100 Å². The molecule has 4 aromatic carbocycles. The van der Waals surface area contributed by atoms with Crippen molar-refractivity contribution in [3.05, 3.63) is 143 Å². The second-order valence-electron chi connectivity index (χ2n) is 17.9. The molecule has 0 saturated carbocycles. The normalized spacial score (nSPS) is 12.4. The highest BCUT2D eigenvalue weighted by molar-refractivity contribution is 6.14. The first-order chi connectivity index (χ1) is 32.1. The van der Waals surface area contributed by atoms with Crippen LogP contribution in [0.2, 0.25) is 0 Å². The Hall–Kier alpha value is -7.75. The Bertz CT molecular complexity index is 2620. The first-order valence-corrected chi connectivity index (χ1v) is 22.0. The minimum absolute atomic E-state index is 0.0145. The van der Waals surface area contributed by atoms with Crippen LogP contribution in [0.4, 0.5) is 31.6 Å². The molecule has 5 rings (SSSR count). The van der Waals surface area contributed by atoms with Crippen molar-refractivity contribution in [3.8, 4) is 0 Å². The van der Waals surface area contributed by atoms with Gasteiger partial charge in [-0.15, -0.1) is 0 Å². The molecule has 4 amide bonds. The third kappa shape index (κ3) is 14.9. The van der Waals surface area contributed by atoms with E-state index in [0.717, 1.165) is 27.2 Å². The van der Waals surface area contributed by atoms with Gasteiger partial charge in [0.2, 0.25) is 5.91 Å². The van der Waals surface area contributed by atoms with Crippen LogP contribution >= 0.6 is 0 Å². The molecular weight excluding hydrogens is 871 g/mol. The van der Waals surface area contributed by atoms with Gasteiger partial charge in [-0.3, -0.25) is 9.59 Å². The second kappa shape index (κ2) is 22.6. The van der Waals surface area contributed by atoms with Crippen LogP contribution in [-0.4, -0.2) is 64.0 Å². The second-order valence-corrected chi connectivity index (χ2v) is 17.9. The van der Waals surface area contributed by atoms with E-state index in [0.29, 0.717) is 39.7 Å². The molecule has 358 valence electrons. The minimum Gasteiger partial charge on any atom is -0.479 e. The van der Waals surface area contributed by atoms with E-state index in [-0.39, 0.29) is 25.5 Å². The van der Waals surface area contributed by atoms with Crippen LogP contribution in [-0.2, 0) is 46.4 Å². The Balaban J connectivity index is 1.28. The summed E-state index contributed by atoms with van der Waals surface area (Å²) in [5.74, 6) is -2.07. The van der Waals surface area contributed by atoms with Crippen molar-refractivity contribution in [2.45, 2.75) is 105 Å². The van der Waals surface area contributed by atoms with Crippen molar-refractivity contribution in [1.82, 2.24) is 10.3 Å². The summed E-state index contributed by atoms with van der Waals surface area (Å²) < 4.78 is 21.6. The molecule has 4 N–H and O–H groups in total. The maximum Gasteiger partial charge on any atom is 0.425 e. The summed E-state index contributed by atoms with van der Waals surface area (Å²) in [6, 6.07) is 24.2. The summed E-state index contributed by atoms with van der Waals surface area (Å²) in [5, 5.41) is 20.1. The summed E-state index contributed by atoms with van der Waals surface area (Å²) in [7, 11) is 0. The largest absolute Gasteiger partial charge is 0.479 e. The molecule has 0 spiro atoms. The molecule has 0 aliphatic carbocycles. The number of amides is 4. The van der Waals surface area contributed by atoms with E-state index >= 15 is 0 Å². The van der Waals surface area contributed by atoms with Gasteiger partial charge in [0.05, 0.1) is 19.1 Å². The van der Waals surface area contributed by atoms with E-state index in [1.165, 1.54) is 12.3 Å². The summed E-state index contributed by atoms with van der Waals surface area (Å²) in [5.41, 5.74) is 3.41. The molecule has 2 atom stereocenters. The summed E-state index contributed by atoms with van der Waals surface area (Å²) in [6.45, 7) is 15.7. The lowest BCUT2D eigenvalue weighted by Gasteiger charge is -2.28. The molecular formula is C52H59N5O11. The fraction of sp³-hybridized carbons (Fsp3) is 0.327. The number of alkyl carbamates (subject to hydrolysis) is 1.